The molecule has 4 unspecified atom stereocenters. The number of rotatable bonds is 10. The minimum atomic E-state index is -1.21. The first-order chi connectivity index (χ1) is 33.6. The van der Waals surface area contributed by atoms with Crippen molar-refractivity contribution in [2.75, 3.05) is 23.0 Å². The zero-order valence-electron chi connectivity index (χ0n) is 36.7. The van der Waals surface area contributed by atoms with Crippen LogP contribution in [0.25, 0.3) is 26.9 Å². The maximum Gasteiger partial charge on any atom is 0.240 e. The predicted molar refractivity (Wildman–Crippen MR) is 249 cm³/mol. The van der Waals surface area contributed by atoms with Crippen LogP contribution in [0.3, 0.4) is 0 Å². The highest BCUT2D eigenvalue weighted by atomic mass is 35.5. The van der Waals surface area contributed by atoms with Crippen molar-refractivity contribution in [1.82, 2.24) is 27.5 Å². The topological polar surface area (TPSA) is 258 Å². The van der Waals surface area contributed by atoms with Gasteiger partial charge >= 0.3 is 0 Å². The van der Waals surface area contributed by atoms with E-state index in [1.54, 1.807) is 50.2 Å². The van der Waals surface area contributed by atoms with E-state index in [9.17, 15) is 34.7 Å². The summed E-state index contributed by atoms with van der Waals surface area (Å²) in [5, 5.41) is 32.1. The Morgan fingerprint density at radius 1 is 0.700 bits per heavy atom. The molecule has 4 bridgehead atoms. The Hall–Kier alpha value is -6.34. The van der Waals surface area contributed by atoms with Crippen LogP contribution in [0.2, 0.25) is 10.0 Å². The van der Waals surface area contributed by atoms with Gasteiger partial charge in [0.25, 0.3) is 0 Å². The quantitative estimate of drug-likeness (QED) is 0.124. The molecular weight excluding hydrogens is 988 g/mol. The van der Waals surface area contributed by atoms with Crippen molar-refractivity contribution in [3.05, 3.63) is 88.0 Å². The maximum absolute atomic E-state index is 13.8. The number of halogens is 2. The van der Waals surface area contributed by atoms with Crippen molar-refractivity contribution < 1.29 is 48.3 Å². The number of aliphatic hydroxyl groups is 2. The number of hydrogen-bond acceptors (Lipinski definition) is 19. The summed E-state index contributed by atoms with van der Waals surface area (Å²) in [4.78, 5) is 68.9. The van der Waals surface area contributed by atoms with Gasteiger partial charge in [-0.15, -0.1) is 0 Å². The molecule has 0 saturated carbocycles. The molecule has 0 radical (unpaired) electrons. The van der Waals surface area contributed by atoms with Gasteiger partial charge in [-0.1, -0.05) is 29.3 Å². The van der Waals surface area contributed by atoms with E-state index in [4.69, 9.17) is 48.7 Å². The number of amides is 4. The van der Waals surface area contributed by atoms with Crippen LogP contribution in [0.15, 0.2) is 60.9 Å². The second-order valence-corrected chi connectivity index (χ2v) is 20.2. The van der Waals surface area contributed by atoms with Crippen molar-refractivity contribution in [2.24, 2.45) is 23.7 Å². The van der Waals surface area contributed by atoms with E-state index in [2.05, 4.69) is 38.4 Å². The normalized spacial score (nSPS) is 31.3. The van der Waals surface area contributed by atoms with Gasteiger partial charge in [0.05, 0.1) is 117 Å². The summed E-state index contributed by atoms with van der Waals surface area (Å²) in [7, 11) is 0. The summed E-state index contributed by atoms with van der Waals surface area (Å²) in [6.07, 6.45) is 2.07. The Bertz CT molecular complexity index is 3060. The Balaban J connectivity index is 0.000000152. The Morgan fingerprint density at radius 3 is 1.60 bits per heavy atom. The van der Waals surface area contributed by atoms with Gasteiger partial charge in [0.2, 0.25) is 41.1 Å². The van der Waals surface area contributed by atoms with Gasteiger partial charge in [0.1, 0.15) is 39.3 Å². The van der Waals surface area contributed by atoms with Gasteiger partial charge in [-0.2, -0.15) is 22.8 Å². The first kappa shape index (κ1) is 46.1. The molecule has 10 heterocycles. The molecule has 24 heteroatoms. The number of anilines is 2. The molecule has 6 aliphatic heterocycles. The van der Waals surface area contributed by atoms with Gasteiger partial charge in [-0.25, -0.2) is 24.6 Å². The number of nitrogens with zero attached hydrogens (tertiary/aromatic N) is 10. The van der Waals surface area contributed by atoms with Gasteiger partial charge in [0, 0.05) is 50.2 Å². The maximum atomic E-state index is 13.8. The van der Waals surface area contributed by atoms with Crippen LogP contribution in [0, 0.1) is 41.6 Å². The molecular formula is C46H36Cl2N10O10S2. The molecule has 0 spiro atoms. The second-order valence-electron chi connectivity index (χ2n) is 18.3. The lowest BCUT2D eigenvalue weighted by Gasteiger charge is -2.33. The molecule has 4 amide bonds. The molecule has 2 N–H and O–H groups in total. The van der Waals surface area contributed by atoms with Crippen LogP contribution in [0.4, 0.5) is 17.1 Å². The minimum Gasteiger partial charge on any atom is -0.478 e. The second kappa shape index (κ2) is 16.6. The van der Waals surface area contributed by atoms with E-state index in [1.807, 2.05) is 0 Å². The van der Waals surface area contributed by atoms with Gasteiger partial charge in [-0.3, -0.25) is 19.2 Å². The van der Waals surface area contributed by atoms with Crippen molar-refractivity contribution in [2.45, 2.75) is 74.1 Å². The summed E-state index contributed by atoms with van der Waals surface area (Å²) in [5.41, 5.74) is -2.03. The summed E-state index contributed by atoms with van der Waals surface area (Å²) in [5.74, 6) is -4.28. The largest absolute Gasteiger partial charge is 0.478 e. The molecule has 6 aromatic rings. The van der Waals surface area contributed by atoms with E-state index in [-0.39, 0.29) is 44.6 Å². The van der Waals surface area contributed by atoms with E-state index in [0.29, 0.717) is 60.8 Å². The lowest BCUT2D eigenvalue weighted by Crippen LogP contribution is -2.49. The predicted octanol–water partition coefficient (Wildman–Crippen LogP) is 5.64. The van der Waals surface area contributed by atoms with Crippen LogP contribution in [-0.2, 0) is 28.7 Å². The Kier molecular flexibility index (Phi) is 10.9. The average Bonchev–Trinajstić information content (AvgIpc) is 4.23. The lowest BCUT2D eigenvalue weighted by molar-refractivity contribution is -0.135. The average molecular weight is 1020 g/mol. The number of hydrogen-bond donors (Lipinski definition) is 2. The van der Waals surface area contributed by atoms with Crippen LogP contribution >= 0.6 is 46.7 Å². The standard InChI is InChI=1S/2C23H18ClN5O5S/c1-22-14(30)9-23(34-22,7-8-33-15-6-3-11(24)10-26-15)17-16(22)20(31)29(21(17)32)13-5-4-12(25-2)18-19(13)28-35-27-18;1-22-14(30)8-23(34-22,6-7-33-15-5-3-12(24)10-26-15)17-16(22)20(31)29(21(17)32)13-4-2-11(9-25)18-19(13)28-35-27-18/h3-6,10,14,16-17,30H,7-9H2,1H3;2-5,10,14,16-17,30H,6-8H2,1H3/t2*14-,16-,17+,22?,23?/m10/s1. The monoisotopic (exact) mass is 1020 g/mol. The number of aromatic nitrogens is 6. The highest BCUT2D eigenvalue weighted by Gasteiger charge is 2.78. The zero-order valence-corrected chi connectivity index (χ0v) is 39.8. The lowest BCUT2D eigenvalue weighted by atomic mass is 9.66. The molecule has 10 atom stereocenters. The summed E-state index contributed by atoms with van der Waals surface area (Å²) < 4.78 is 40.9. The Morgan fingerprint density at radius 2 is 1.14 bits per heavy atom. The molecule has 6 fully saturated rings. The van der Waals surface area contributed by atoms with E-state index < -0.39 is 81.9 Å². The fourth-order valence-corrected chi connectivity index (χ4v) is 12.9. The minimum absolute atomic E-state index is 0.166. The first-order valence-corrected chi connectivity index (χ1v) is 24.1. The summed E-state index contributed by atoms with van der Waals surface area (Å²) in [6, 6.07) is 14.8. The van der Waals surface area contributed by atoms with E-state index >= 15 is 0 Å². The molecule has 356 valence electrons. The molecule has 2 aromatic carbocycles. The highest BCUT2D eigenvalue weighted by Crippen LogP contribution is 2.64. The van der Waals surface area contributed by atoms with Crippen molar-refractivity contribution in [1.29, 1.82) is 5.26 Å². The third-order valence-corrected chi connectivity index (χ3v) is 16.2. The fourth-order valence-electron chi connectivity index (χ4n) is 11.5. The number of pyridine rings is 2. The molecule has 6 saturated heterocycles. The van der Waals surface area contributed by atoms with Crippen LogP contribution in [0.1, 0.15) is 45.1 Å². The number of carbonyl (C=O) groups excluding carboxylic acids is 4. The van der Waals surface area contributed by atoms with Gasteiger partial charge < -0.3 is 29.2 Å². The number of ether oxygens (including phenoxy) is 4. The number of carbonyl (C=O) groups is 4. The van der Waals surface area contributed by atoms with Gasteiger partial charge in [0.15, 0.2) is 0 Å². The summed E-state index contributed by atoms with van der Waals surface area (Å²) >= 11 is 13.6. The van der Waals surface area contributed by atoms with Crippen LogP contribution < -0.4 is 19.3 Å². The third kappa shape index (κ3) is 6.73. The van der Waals surface area contributed by atoms with E-state index in [0.717, 1.165) is 33.3 Å². The summed E-state index contributed by atoms with van der Waals surface area (Å²) in [6.45, 7) is 11.0. The molecule has 0 aliphatic carbocycles. The number of imide groups is 2. The SMILES string of the molecule is CC12OC(CCOc3ccc(Cl)cn3)(C[C@@H]1O)[C@H]1C(=O)N(c3ccc(C#N)c4nsnc34)C(=O)[C@H]12.[C-]#[N+]c1ccc(N2C(=O)[C@@H]3[C@H](C2=O)C2(C)OC3(CCOc3ccc(Cl)cn3)C[C@H]2O)c2nsnc12. The van der Waals surface area contributed by atoms with Crippen molar-refractivity contribution in [3.8, 4) is 17.8 Å². The third-order valence-electron chi connectivity index (χ3n) is 14.7. The van der Waals surface area contributed by atoms with Crippen LogP contribution in [0.5, 0.6) is 11.8 Å². The molecule has 4 aromatic heterocycles. The van der Waals surface area contributed by atoms with E-state index in [1.165, 1.54) is 24.5 Å². The zero-order chi connectivity index (χ0) is 49.1. The number of fused-ring (bicyclic) bond motifs is 12. The smallest absolute Gasteiger partial charge is 0.240 e. The number of aliphatic hydroxyl groups excluding tert-OH is 2. The fraction of sp³-hybridized carbons (Fsp3) is 0.391. The number of benzene rings is 2. The molecule has 70 heavy (non-hydrogen) atoms. The molecule has 6 aliphatic rings. The van der Waals surface area contributed by atoms with Crippen LogP contribution in [-0.4, -0.2) is 109 Å². The van der Waals surface area contributed by atoms with Gasteiger partial charge in [-0.05, 0) is 44.2 Å². The highest BCUT2D eigenvalue weighted by molar-refractivity contribution is 7.00. The number of nitriles is 1. The van der Waals surface area contributed by atoms with Crippen molar-refractivity contribution in [3.63, 3.8) is 0 Å². The Labute approximate surface area is 415 Å². The molecule has 12 rings (SSSR count). The van der Waals surface area contributed by atoms with Crippen molar-refractivity contribution >= 4 is 109 Å². The first-order valence-electron chi connectivity index (χ1n) is 21.9. The molecule has 20 nitrogen and oxygen atoms in total.